The average molecular weight is 240 g/mol. The van der Waals surface area contributed by atoms with Crippen molar-refractivity contribution in [1.82, 2.24) is 0 Å². The van der Waals surface area contributed by atoms with E-state index >= 15 is 0 Å². The lowest BCUT2D eigenvalue weighted by molar-refractivity contribution is -0.157. The van der Waals surface area contributed by atoms with Gasteiger partial charge in [0.15, 0.2) is 17.5 Å². The van der Waals surface area contributed by atoms with Gasteiger partial charge in [-0.15, -0.1) is 0 Å². The van der Waals surface area contributed by atoms with Crippen LogP contribution >= 0.6 is 0 Å². The van der Waals surface area contributed by atoms with Crippen molar-refractivity contribution in [3.8, 4) is 0 Å². The van der Waals surface area contributed by atoms with Crippen LogP contribution in [-0.4, -0.2) is 35.0 Å². The van der Waals surface area contributed by atoms with E-state index in [2.05, 4.69) is 4.74 Å². The molecule has 0 saturated heterocycles. The van der Waals surface area contributed by atoms with Crippen molar-refractivity contribution in [2.75, 3.05) is 6.61 Å². The average Bonchev–Trinajstić information content (AvgIpc) is 2.50. The zero-order valence-corrected chi connectivity index (χ0v) is 9.48. The molecule has 0 aliphatic heterocycles. The number of aliphatic hydroxyl groups is 1. The minimum absolute atomic E-state index is 0.0281. The number of aliphatic hydroxyl groups excluding tert-OH is 1. The standard InChI is InChI=1S/C11H12O6/c1-3-5-7(12)6(9(14)8(5)13)10(15)11(16)17-4-2/h6,13H,3-4H2,1-2H3/t6-/m0/s1. The fourth-order valence-electron chi connectivity index (χ4n) is 1.60. The maximum Gasteiger partial charge on any atom is 0.375 e. The van der Waals surface area contributed by atoms with Gasteiger partial charge < -0.3 is 9.84 Å². The van der Waals surface area contributed by atoms with Crippen LogP contribution in [0.2, 0.25) is 0 Å². The number of carbonyl (C=O) groups excluding carboxylic acids is 4. The lowest BCUT2D eigenvalue weighted by Crippen LogP contribution is -2.34. The molecule has 0 aromatic carbocycles. The maximum absolute atomic E-state index is 11.6. The van der Waals surface area contributed by atoms with E-state index in [-0.39, 0.29) is 18.6 Å². The van der Waals surface area contributed by atoms with E-state index in [4.69, 9.17) is 0 Å². The lowest BCUT2D eigenvalue weighted by Gasteiger charge is -2.05. The number of allylic oxidation sites excluding steroid dienone is 2. The monoisotopic (exact) mass is 240 g/mol. The van der Waals surface area contributed by atoms with E-state index in [1.165, 1.54) is 6.92 Å². The molecule has 1 atom stereocenters. The van der Waals surface area contributed by atoms with Gasteiger partial charge in [-0.3, -0.25) is 14.4 Å². The number of ether oxygens (including phenoxy) is 1. The Morgan fingerprint density at radius 3 is 2.24 bits per heavy atom. The molecule has 0 amide bonds. The molecule has 0 bridgehead atoms. The van der Waals surface area contributed by atoms with Crippen LogP contribution < -0.4 is 0 Å². The molecule has 0 spiro atoms. The summed E-state index contributed by atoms with van der Waals surface area (Å²) in [5.74, 6) is -6.77. The Morgan fingerprint density at radius 2 is 1.82 bits per heavy atom. The molecule has 1 aliphatic carbocycles. The smallest absolute Gasteiger partial charge is 0.375 e. The molecule has 0 aromatic heterocycles. The molecule has 0 unspecified atom stereocenters. The number of rotatable bonds is 4. The van der Waals surface area contributed by atoms with Crippen LogP contribution in [0.1, 0.15) is 20.3 Å². The first-order valence-corrected chi connectivity index (χ1v) is 5.17. The highest BCUT2D eigenvalue weighted by molar-refractivity contribution is 6.48. The first-order chi connectivity index (χ1) is 7.95. The molecule has 0 heterocycles. The van der Waals surface area contributed by atoms with Gasteiger partial charge in [-0.1, -0.05) is 6.92 Å². The molecule has 0 radical (unpaired) electrons. The quantitative estimate of drug-likeness (QED) is 0.425. The summed E-state index contributed by atoms with van der Waals surface area (Å²) in [6, 6.07) is 0. The second kappa shape index (κ2) is 4.90. The molecular weight excluding hydrogens is 228 g/mol. The minimum Gasteiger partial charge on any atom is -0.504 e. The molecule has 0 fully saturated rings. The van der Waals surface area contributed by atoms with Gasteiger partial charge >= 0.3 is 5.97 Å². The van der Waals surface area contributed by atoms with E-state index in [0.717, 1.165) is 0 Å². The van der Waals surface area contributed by atoms with E-state index < -0.39 is 35.0 Å². The summed E-state index contributed by atoms with van der Waals surface area (Å²) < 4.78 is 4.42. The van der Waals surface area contributed by atoms with Crippen LogP contribution in [0, 0.1) is 5.92 Å². The summed E-state index contributed by atoms with van der Waals surface area (Å²) in [6.07, 6.45) is 0.128. The largest absolute Gasteiger partial charge is 0.504 e. The van der Waals surface area contributed by atoms with Gasteiger partial charge in [-0.25, -0.2) is 4.79 Å². The lowest BCUT2D eigenvalue weighted by atomic mass is 9.97. The third-order valence-electron chi connectivity index (χ3n) is 2.43. The summed E-state index contributed by atoms with van der Waals surface area (Å²) in [4.78, 5) is 45.8. The predicted octanol–water partition coefficient (Wildman–Crippen LogP) is 0.109. The zero-order valence-electron chi connectivity index (χ0n) is 9.48. The van der Waals surface area contributed by atoms with Gasteiger partial charge in [0, 0.05) is 5.57 Å². The molecule has 1 rings (SSSR count). The normalized spacial score (nSPS) is 19.8. The Balaban J connectivity index is 2.97. The summed E-state index contributed by atoms with van der Waals surface area (Å²) in [7, 11) is 0. The molecule has 1 aliphatic rings. The van der Waals surface area contributed by atoms with E-state index in [1.807, 2.05) is 0 Å². The molecule has 0 saturated carbocycles. The number of Topliss-reactive ketones (excluding diaryl/α,β-unsaturated/α-hetero) is 3. The number of esters is 1. The zero-order chi connectivity index (χ0) is 13.2. The third kappa shape index (κ3) is 2.11. The molecular formula is C11H12O6. The van der Waals surface area contributed by atoms with Crippen LogP contribution in [0.3, 0.4) is 0 Å². The number of carbonyl (C=O) groups is 4. The summed E-state index contributed by atoms with van der Waals surface area (Å²) in [5, 5.41) is 9.36. The maximum atomic E-state index is 11.6. The summed E-state index contributed by atoms with van der Waals surface area (Å²) >= 11 is 0. The van der Waals surface area contributed by atoms with Crippen molar-refractivity contribution >= 4 is 23.3 Å². The van der Waals surface area contributed by atoms with Crippen molar-refractivity contribution in [3.05, 3.63) is 11.3 Å². The van der Waals surface area contributed by atoms with Gasteiger partial charge in [0.1, 0.15) is 0 Å². The predicted molar refractivity (Wildman–Crippen MR) is 55.1 cm³/mol. The second-order valence-electron chi connectivity index (χ2n) is 3.43. The fourth-order valence-corrected chi connectivity index (χ4v) is 1.60. The topological polar surface area (TPSA) is 97.7 Å². The highest BCUT2D eigenvalue weighted by atomic mass is 16.5. The van der Waals surface area contributed by atoms with Crippen molar-refractivity contribution in [1.29, 1.82) is 0 Å². The van der Waals surface area contributed by atoms with Crippen LogP contribution in [-0.2, 0) is 23.9 Å². The van der Waals surface area contributed by atoms with E-state index in [0.29, 0.717) is 0 Å². The Hall–Kier alpha value is -1.98. The highest BCUT2D eigenvalue weighted by Crippen LogP contribution is 2.26. The molecule has 6 nitrogen and oxygen atoms in total. The fraction of sp³-hybridized carbons (Fsp3) is 0.455. The first-order valence-electron chi connectivity index (χ1n) is 5.17. The Morgan fingerprint density at radius 1 is 1.24 bits per heavy atom. The van der Waals surface area contributed by atoms with Crippen LogP contribution in [0.5, 0.6) is 0 Å². The van der Waals surface area contributed by atoms with Crippen molar-refractivity contribution < 1.29 is 29.0 Å². The van der Waals surface area contributed by atoms with Crippen LogP contribution in [0.4, 0.5) is 0 Å². The summed E-state index contributed by atoms with van der Waals surface area (Å²) in [5.41, 5.74) is -0.113. The molecule has 92 valence electrons. The Labute approximate surface area is 97.2 Å². The SMILES string of the molecule is CCOC(=O)C(=O)[C@@H]1C(=O)C(O)=C(CC)C1=O. The number of ketones is 3. The molecule has 6 heteroatoms. The number of hydrogen-bond acceptors (Lipinski definition) is 6. The van der Waals surface area contributed by atoms with Gasteiger partial charge in [-0.05, 0) is 13.3 Å². The van der Waals surface area contributed by atoms with E-state index in [9.17, 15) is 24.3 Å². The Bertz CT molecular complexity index is 431. The van der Waals surface area contributed by atoms with E-state index in [1.54, 1.807) is 6.92 Å². The second-order valence-corrected chi connectivity index (χ2v) is 3.43. The van der Waals surface area contributed by atoms with Crippen LogP contribution in [0.25, 0.3) is 0 Å². The Kier molecular flexibility index (Phi) is 3.77. The minimum atomic E-state index is -1.76. The first kappa shape index (κ1) is 13.1. The highest BCUT2D eigenvalue weighted by Gasteiger charge is 2.47. The third-order valence-corrected chi connectivity index (χ3v) is 2.43. The van der Waals surface area contributed by atoms with Crippen molar-refractivity contribution in [3.63, 3.8) is 0 Å². The molecule has 17 heavy (non-hydrogen) atoms. The van der Waals surface area contributed by atoms with Gasteiger partial charge in [0.05, 0.1) is 6.61 Å². The van der Waals surface area contributed by atoms with Gasteiger partial charge in [0.25, 0.3) is 5.78 Å². The van der Waals surface area contributed by atoms with Crippen molar-refractivity contribution in [2.24, 2.45) is 5.92 Å². The van der Waals surface area contributed by atoms with Crippen molar-refractivity contribution in [2.45, 2.75) is 20.3 Å². The van der Waals surface area contributed by atoms with Crippen LogP contribution in [0.15, 0.2) is 11.3 Å². The molecule has 1 N–H and O–H groups in total. The van der Waals surface area contributed by atoms with Gasteiger partial charge in [0.2, 0.25) is 5.78 Å². The number of hydrogen-bond donors (Lipinski definition) is 1. The summed E-state index contributed by atoms with van der Waals surface area (Å²) in [6.45, 7) is 3.03. The molecule has 0 aromatic rings. The van der Waals surface area contributed by atoms with Gasteiger partial charge in [-0.2, -0.15) is 0 Å².